The Morgan fingerprint density at radius 3 is 2.60 bits per heavy atom. The summed E-state index contributed by atoms with van der Waals surface area (Å²) >= 11 is 0. The van der Waals surface area contributed by atoms with Crippen molar-refractivity contribution >= 4 is 11.7 Å². The van der Waals surface area contributed by atoms with Crippen LogP contribution in [0.4, 0.5) is 5.82 Å². The largest absolute Gasteiger partial charge is 0.353 e. The van der Waals surface area contributed by atoms with Gasteiger partial charge in [-0.2, -0.15) is 5.10 Å². The number of carbonyl (C=O) groups is 1. The molecule has 1 aromatic heterocycles. The Hall–Kier alpha value is -3.08. The van der Waals surface area contributed by atoms with Crippen LogP contribution in [0.3, 0.4) is 0 Å². The number of aromatic amines is 1. The summed E-state index contributed by atoms with van der Waals surface area (Å²) < 4.78 is 0. The number of carbonyl (C=O) groups excluding carboxylic acids is 1. The Bertz CT molecular complexity index is 995. The van der Waals surface area contributed by atoms with E-state index in [1.807, 2.05) is 23.1 Å². The van der Waals surface area contributed by atoms with E-state index in [0.29, 0.717) is 6.42 Å². The predicted octanol–water partition coefficient (Wildman–Crippen LogP) is 4.37. The zero-order chi connectivity index (χ0) is 20.9. The third kappa shape index (κ3) is 4.73. The maximum Gasteiger partial charge on any atom is 0.222 e. The lowest BCUT2D eigenvalue weighted by Crippen LogP contribution is -2.35. The molecule has 1 saturated heterocycles. The van der Waals surface area contributed by atoms with Gasteiger partial charge in [0, 0.05) is 38.7 Å². The highest BCUT2D eigenvalue weighted by Crippen LogP contribution is 2.24. The molecule has 3 aromatic rings. The smallest absolute Gasteiger partial charge is 0.222 e. The number of hydrogen-bond donors (Lipinski definition) is 1. The monoisotopic (exact) mass is 402 g/mol. The van der Waals surface area contributed by atoms with Gasteiger partial charge < -0.3 is 9.80 Å². The number of amides is 1. The molecule has 1 aliphatic rings. The first-order chi connectivity index (χ1) is 14.6. The van der Waals surface area contributed by atoms with Gasteiger partial charge in [-0.15, -0.1) is 0 Å². The van der Waals surface area contributed by atoms with Crippen LogP contribution in [0.25, 0.3) is 11.3 Å². The number of anilines is 1. The molecule has 1 aliphatic heterocycles. The van der Waals surface area contributed by atoms with Crippen molar-refractivity contribution in [2.75, 3.05) is 31.1 Å². The van der Waals surface area contributed by atoms with Gasteiger partial charge in [-0.3, -0.25) is 9.89 Å². The van der Waals surface area contributed by atoms with E-state index in [9.17, 15) is 4.79 Å². The lowest BCUT2D eigenvalue weighted by molar-refractivity contribution is -0.130. The number of aromatic nitrogens is 2. The highest BCUT2D eigenvalue weighted by molar-refractivity contribution is 5.76. The maximum absolute atomic E-state index is 12.7. The Kier molecular flexibility index (Phi) is 6.17. The van der Waals surface area contributed by atoms with E-state index in [1.54, 1.807) is 0 Å². The number of nitrogens with zero attached hydrogens (tertiary/aromatic N) is 3. The second-order valence-electron chi connectivity index (χ2n) is 8.15. The number of H-pyrrole nitrogens is 1. The number of nitrogens with one attached hydrogen (secondary N) is 1. The third-order valence-electron chi connectivity index (χ3n) is 6.03. The van der Waals surface area contributed by atoms with E-state index < -0.39 is 0 Å². The molecular weight excluding hydrogens is 372 g/mol. The van der Waals surface area contributed by atoms with Crippen LogP contribution in [0, 0.1) is 13.8 Å². The Morgan fingerprint density at radius 1 is 0.967 bits per heavy atom. The summed E-state index contributed by atoms with van der Waals surface area (Å²) in [7, 11) is 0. The summed E-state index contributed by atoms with van der Waals surface area (Å²) in [6, 6.07) is 18.8. The van der Waals surface area contributed by atoms with Crippen LogP contribution >= 0.6 is 0 Å². The normalized spacial score (nSPS) is 14.6. The fourth-order valence-corrected chi connectivity index (χ4v) is 3.98. The van der Waals surface area contributed by atoms with Gasteiger partial charge in [0.1, 0.15) is 0 Å². The molecule has 0 spiro atoms. The van der Waals surface area contributed by atoms with Crippen LogP contribution in [0.5, 0.6) is 0 Å². The molecule has 4 rings (SSSR count). The minimum absolute atomic E-state index is 0.249. The molecule has 1 N–H and O–H groups in total. The topological polar surface area (TPSA) is 52.2 Å². The van der Waals surface area contributed by atoms with Crippen LogP contribution in [0.15, 0.2) is 54.6 Å². The minimum Gasteiger partial charge on any atom is -0.353 e. The number of benzene rings is 2. The van der Waals surface area contributed by atoms with Crippen molar-refractivity contribution in [2.24, 2.45) is 0 Å². The van der Waals surface area contributed by atoms with Crippen LogP contribution in [-0.4, -0.2) is 47.2 Å². The van der Waals surface area contributed by atoms with Crippen molar-refractivity contribution < 1.29 is 4.79 Å². The predicted molar refractivity (Wildman–Crippen MR) is 122 cm³/mol. The highest BCUT2D eigenvalue weighted by atomic mass is 16.2. The van der Waals surface area contributed by atoms with E-state index >= 15 is 0 Å². The standard InChI is InChI=1S/C25H30N4O/c1-19-9-11-22(17-20(19)2)23-18-24(27-26-23)28-13-6-14-29(16-15-28)25(30)12-10-21-7-4-3-5-8-21/h3-5,7-9,11,17-18H,6,10,12-16H2,1-2H3,(H,26,27). The summed E-state index contributed by atoms with van der Waals surface area (Å²) in [5, 5.41) is 7.74. The van der Waals surface area contributed by atoms with Crippen LogP contribution in [0.1, 0.15) is 29.5 Å². The fraction of sp³-hybridized carbons (Fsp3) is 0.360. The highest BCUT2D eigenvalue weighted by Gasteiger charge is 2.20. The van der Waals surface area contributed by atoms with Crippen molar-refractivity contribution in [3.63, 3.8) is 0 Å². The summed E-state index contributed by atoms with van der Waals surface area (Å²) in [4.78, 5) is 17.0. The van der Waals surface area contributed by atoms with Crippen molar-refractivity contribution in [3.05, 3.63) is 71.3 Å². The molecule has 0 aliphatic carbocycles. The van der Waals surface area contributed by atoms with E-state index in [4.69, 9.17) is 0 Å². The molecule has 1 fully saturated rings. The molecule has 5 heteroatoms. The van der Waals surface area contributed by atoms with Crippen molar-refractivity contribution in [2.45, 2.75) is 33.1 Å². The van der Waals surface area contributed by atoms with Gasteiger partial charge in [-0.05, 0) is 55.0 Å². The van der Waals surface area contributed by atoms with Gasteiger partial charge in [0.05, 0.1) is 5.69 Å². The number of aryl methyl sites for hydroxylation is 3. The zero-order valence-corrected chi connectivity index (χ0v) is 17.9. The molecule has 2 heterocycles. The molecule has 0 unspecified atom stereocenters. The van der Waals surface area contributed by atoms with Gasteiger partial charge in [0.2, 0.25) is 5.91 Å². The molecule has 0 atom stereocenters. The van der Waals surface area contributed by atoms with Crippen molar-refractivity contribution in [3.8, 4) is 11.3 Å². The Labute approximate surface area is 178 Å². The summed E-state index contributed by atoms with van der Waals surface area (Å²) in [5.74, 6) is 1.21. The Morgan fingerprint density at radius 2 is 1.80 bits per heavy atom. The van der Waals surface area contributed by atoms with Gasteiger partial charge in [-0.25, -0.2) is 0 Å². The lowest BCUT2D eigenvalue weighted by atomic mass is 10.0. The average Bonchev–Trinajstić information content (AvgIpc) is 3.12. The summed E-state index contributed by atoms with van der Waals surface area (Å²) in [6.45, 7) is 7.56. The molecule has 0 bridgehead atoms. The summed E-state index contributed by atoms with van der Waals surface area (Å²) in [6.07, 6.45) is 2.34. The van der Waals surface area contributed by atoms with Crippen LogP contribution < -0.4 is 4.90 Å². The molecule has 156 valence electrons. The maximum atomic E-state index is 12.7. The van der Waals surface area contributed by atoms with Gasteiger partial charge in [0.25, 0.3) is 0 Å². The lowest BCUT2D eigenvalue weighted by Gasteiger charge is -2.22. The quantitative estimate of drug-likeness (QED) is 0.690. The molecule has 2 aromatic carbocycles. The van der Waals surface area contributed by atoms with E-state index in [2.05, 4.69) is 65.3 Å². The molecule has 0 radical (unpaired) electrons. The summed E-state index contributed by atoms with van der Waals surface area (Å²) in [5.41, 5.74) is 5.99. The second kappa shape index (κ2) is 9.16. The molecule has 1 amide bonds. The van der Waals surface area contributed by atoms with Gasteiger partial charge >= 0.3 is 0 Å². The van der Waals surface area contributed by atoms with Gasteiger partial charge in [0.15, 0.2) is 5.82 Å². The second-order valence-corrected chi connectivity index (χ2v) is 8.15. The average molecular weight is 403 g/mol. The van der Waals surface area contributed by atoms with Crippen molar-refractivity contribution in [1.29, 1.82) is 0 Å². The van der Waals surface area contributed by atoms with E-state index in [0.717, 1.165) is 56.1 Å². The SMILES string of the molecule is Cc1ccc(-c2cc(N3CCCN(C(=O)CCc4ccccc4)CC3)n[nH]2)cc1C. The molecule has 5 nitrogen and oxygen atoms in total. The van der Waals surface area contributed by atoms with Crippen LogP contribution in [0.2, 0.25) is 0 Å². The van der Waals surface area contributed by atoms with E-state index in [1.165, 1.54) is 16.7 Å². The van der Waals surface area contributed by atoms with Crippen molar-refractivity contribution in [1.82, 2.24) is 15.1 Å². The van der Waals surface area contributed by atoms with E-state index in [-0.39, 0.29) is 5.91 Å². The first-order valence-corrected chi connectivity index (χ1v) is 10.8. The zero-order valence-electron chi connectivity index (χ0n) is 17.9. The van der Waals surface area contributed by atoms with Crippen LogP contribution in [-0.2, 0) is 11.2 Å². The first-order valence-electron chi connectivity index (χ1n) is 10.8. The minimum atomic E-state index is 0.249. The first kappa shape index (κ1) is 20.2. The number of rotatable bonds is 5. The Balaban J connectivity index is 1.35. The molecular formula is C25H30N4O. The number of hydrogen-bond acceptors (Lipinski definition) is 3. The third-order valence-corrected chi connectivity index (χ3v) is 6.03. The van der Waals surface area contributed by atoms with Gasteiger partial charge in [-0.1, -0.05) is 42.5 Å². The molecule has 30 heavy (non-hydrogen) atoms. The molecule has 0 saturated carbocycles. The fourth-order valence-electron chi connectivity index (χ4n) is 3.98.